The molecule has 3 aromatic heterocycles. The molecule has 208 valence electrons. The van der Waals surface area contributed by atoms with Gasteiger partial charge >= 0.3 is 7.60 Å². The number of anilines is 1. The van der Waals surface area contributed by atoms with Crippen LogP contribution in [-0.2, 0) is 27.1 Å². The van der Waals surface area contributed by atoms with E-state index in [2.05, 4.69) is 41.0 Å². The lowest BCUT2D eigenvalue weighted by atomic mass is 9.93. The van der Waals surface area contributed by atoms with E-state index >= 15 is 0 Å². The Hall–Kier alpha value is -2.63. The van der Waals surface area contributed by atoms with Crippen LogP contribution in [0.25, 0.3) is 11.0 Å². The number of hydrogen-bond acceptors (Lipinski definition) is 13. The highest BCUT2D eigenvalue weighted by Gasteiger charge is 2.51. The normalized spacial score (nSPS) is 25.9. The lowest BCUT2D eigenvalue weighted by molar-refractivity contribution is -0.0996. The highest BCUT2D eigenvalue weighted by molar-refractivity contribution is 7.53. The standard InChI is InChI=1S/C20H30N9O8P/c1-2-20(38(33,34)35,6-13-25-27-28-26-13)36-9-12-15(31)16(32)19(37-12)29-18-11(7-21-29)17(22-10-4-3-5-10)23-14(8-30)24-18/h7,10,12,15-16,19,30-32H,2-6,8-9H2,1H3,(H,22,23,24)(H2,33,34,35)(H,25,26,27,28)/t12-,15-,16-,19-,20+/m1/s1. The van der Waals surface area contributed by atoms with Gasteiger partial charge in [-0.3, -0.25) is 4.57 Å². The Balaban J connectivity index is 1.38. The summed E-state index contributed by atoms with van der Waals surface area (Å²) in [7, 11) is -4.87. The van der Waals surface area contributed by atoms with Crippen molar-refractivity contribution >= 4 is 24.4 Å². The predicted molar refractivity (Wildman–Crippen MR) is 127 cm³/mol. The molecule has 0 aromatic carbocycles. The minimum Gasteiger partial charge on any atom is -0.388 e. The second-order valence-corrected chi connectivity index (χ2v) is 11.4. The summed E-state index contributed by atoms with van der Waals surface area (Å²) < 4.78 is 25.3. The van der Waals surface area contributed by atoms with Crippen molar-refractivity contribution in [2.24, 2.45) is 0 Å². The fraction of sp³-hybridized carbons (Fsp3) is 0.700. The smallest absolute Gasteiger partial charge is 0.357 e. The van der Waals surface area contributed by atoms with Gasteiger partial charge in [0, 0.05) is 6.04 Å². The molecule has 3 aromatic rings. The topological polar surface area (TPSA) is 247 Å². The number of ether oxygens (including phenoxy) is 2. The molecule has 5 rings (SSSR count). The molecular weight excluding hydrogens is 525 g/mol. The van der Waals surface area contributed by atoms with Gasteiger partial charge in [-0.05, 0) is 25.7 Å². The van der Waals surface area contributed by atoms with E-state index in [1.54, 1.807) is 0 Å². The summed E-state index contributed by atoms with van der Waals surface area (Å²) in [5.41, 5.74) is 0.277. The zero-order chi connectivity index (χ0) is 27.1. The van der Waals surface area contributed by atoms with Crippen molar-refractivity contribution in [3.05, 3.63) is 17.8 Å². The van der Waals surface area contributed by atoms with Crippen LogP contribution in [0.15, 0.2) is 6.20 Å². The van der Waals surface area contributed by atoms with Crippen molar-refractivity contribution in [2.75, 3.05) is 11.9 Å². The van der Waals surface area contributed by atoms with E-state index in [1.807, 2.05) is 0 Å². The quantitative estimate of drug-likeness (QED) is 0.140. The molecule has 2 fully saturated rings. The molecule has 1 aliphatic heterocycles. The number of tetrazole rings is 1. The van der Waals surface area contributed by atoms with Gasteiger partial charge in [0.15, 0.2) is 28.9 Å². The molecule has 1 aliphatic carbocycles. The largest absolute Gasteiger partial charge is 0.388 e. The van der Waals surface area contributed by atoms with Crippen LogP contribution in [0.2, 0.25) is 0 Å². The van der Waals surface area contributed by atoms with Gasteiger partial charge < -0.3 is 39.9 Å². The van der Waals surface area contributed by atoms with Crippen LogP contribution in [0, 0.1) is 0 Å². The molecule has 0 amide bonds. The second kappa shape index (κ2) is 10.5. The van der Waals surface area contributed by atoms with E-state index in [0.29, 0.717) is 11.2 Å². The average Bonchev–Trinajstić information content (AvgIpc) is 3.59. The van der Waals surface area contributed by atoms with Gasteiger partial charge in [0.05, 0.1) is 24.6 Å². The van der Waals surface area contributed by atoms with Crippen molar-refractivity contribution in [1.82, 2.24) is 40.4 Å². The van der Waals surface area contributed by atoms with Crippen LogP contribution < -0.4 is 5.32 Å². The van der Waals surface area contributed by atoms with Crippen molar-refractivity contribution in [3.63, 3.8) is 0 Å². The Morgan fingerprint density at radius 3 is 2.66 bits per heavy atom. The molecule has 1 saturated heterocycles. The maximum absolute atomic E-state index is 12.4. The number of hydrogen-bond donors (Lipinski definition) is 7. The maximum atomic E-state index is 12.4. The Labute approximate surface area is 215 Å². The SMILES string of the molecule is CC[C@](Cc1nn[nH]n1)(OC[C@H]1O[C@@H](n2ncc3c(NC4CCC4)nc(CO)nc32)[C@H](O)[C@@H]1O)P(=O)(O)O. The Morgan fingerprint density at radius 2 is 2.05 bits per heavy atom. The first-order valence-electron chi connectivity index (χ1n) is 12.2. The van der Waals surface area contributed by atoms with Crippen molar-refractivity contribution in [2.45, 2.75) is 81.6 Å². The van der Waals surface area contributed by atoms with Crippen LogP contribution in [-0.4, -0.2) is 102 Å². The van der Waals surface area contributed by atoms with E-state index in [4.69, 9.17) is 9.47 Å². The molecule has 7 N–H and O–H groups in total. The van der Waals surface area contributed by atoms with Gasteiger partial charge in [-0.25, -0.2) is 14.6 Å². The minimum atomic E-state index is -4.87. The molecule has 18 heteroatoms. The third kappa shape index (κ3) is 4.91. The molecule has 0 bridgehead atoms. The van der Waals surface area contributed by atoms with Crippen molar-refractivity contribution in [3.8, 4) is 0 Å². The van der Waals surface area contributed by atoms with E-state index in [0.717, 1.165) is 19.3 Å². The van der Waals surface area contributed by atoms with Gasteiger partial charge in [-0.15, -0.1) is 10.2 Å². The zero-order valence-corrected chi connectivity index (χ0v) is 21.3. The summed E-state index contributed by atoms with van der Waals surface area (Å²) in [5.74, 6) is 0.679. The Morgan fingerprint density at radius 1 is 1.26 bits per heavy atom. The average molecular weight is 555 g/mol. The fourth-order valence-corrected chi connectivity index (χ4v) is 5.57. The first-order chi connectivity index (χ1) is 18.2. The summed E-state index contributed by atoms with van der Waals surface area (Å²) >= 11 is 0. The lowest BCUT2D eigenvalue weighted by Gasteiger charge is -2.33. The first kappa shape index (κ1) is 27.0. The number of aromatic nitrogens is 8. The number of nitrogens with one attached hydrogen (secondary N) is 2. The molecule has 17 nitrogen and oxygen atoms in total. The van der Waals surface area contributed by atoms with Gasteiger partial charge in [0.25, 0.3) is 0 Å². The zero-order valence-electron chi connectivity index (χ0n) is 20.5. The molecule has 0 unspecified atom stereocenters. The number of aromatic amines is 1. The highest BCUT2D eigenvalue weighted by atomic mass is 31.2. The molecule has 4 heterocycles. The molecule has 1 saturated carbocycles. The molecule has 38 heavy (non-hydrogen) atoms. The monoisotopic (exact) mass is 555 g/mol. The first-order valence-corrected chi connectivity index (χ1v) is 13.8. The highest BCUT2D eigenvalue weighted by Crippen LogP contribution is 2.55. The summed E-state index contributed by atoms with van der Waals surface area (Å²) in [6, 6.07) is 0.250. The summed E-state index contributed by atoms with van der Waals surface area (Å²) in [5, 5.41) is 50.5. The van der Waals surface area contributed by atoms with Crippen molar-refractivity contribution in [1.29, 1.82) is 0 Å². The van der Waals surface area contributed by atoms with Gasteiger partial charge in [-0.2, -0.15) is 10.3 Å². The third-order valence-corrected chi connectivity index (χ3v) is 8.75. The van der Waals surface area contributed by atoms with Crippen LogP contribution in [0.3, 0.4) is 0 Å². The number of H-pyrrole nitrogens is 1. The number of rotatable bonds is 11. The van der Waals surface area contributed by atoms with Crippen LogP contribution in [0.4, 0.5) is 5.82 Å². The number of nitrogens with zero attached hydrogens (tertiary/aromatic N) is 7. The Kier molecular flexibility index (Phi) is 7.45. The van der Waals surface area contributed by atoms with Gasteiger partial charge in [0.2, 0.25) is 0 Å². The maximum Gasteiger partial charge on any atom is 0.357 e. The lowest BCUT2D eigenvalue weighted by Crippen LogP contribution is -2.40. The van der Waals surface area contributed by atoms with E-state index < -0.39 is 50.7 Å². The number of aliphatic hydroxyl groups excluding tert-OH is 3. The predicted octanol–water partition coefficient (Wildman–Crippen LogP) is -1.04. The molecule has 5 atom stereocenters. The fourth-order valence-electron chi connectivity index (χ4n) is 4.57. The van der Waals surface area contributed by atoms with E-state index in [9.17, 15) is 29.7 Å². The summed E-state index contributed by atoms with van der Waals surface area (Å²) in [6.07, 6.45) is -1.15. The van der Waals surface area contributed by atoms with Gasteiger partial charge in [0.1, 0.15) is 30.7 Å². The van der Waals surface area contributed by atoms with E-state index in [1.165, 1.54) is 17.8 Å². The number of fused-ring (bicyclic) bond motifs is 1. The van der Waals surface area contributed by atoms with Crippen LogP contribution >= 0.6 is 7.60 Å². The van der Waals surface area contributed by atoms with Crippen molar-refractivity contribution < 1.29 is 39.1 Å². The molecule has 0 radical (unpaired) electrons. The van der Waals surface area contributed by atoms with Gasteiger partial charge in [-0.1, -0.05) is 12.1 Å². The van der Waals surface area contributed by atoms with E-state index in [-0.39, 0.29) is 36.2 Å². The Bertz CT molecular complexity index is 1300. The van der Waals surface area contributed by atoms with Crippen LogP contribution in [0.5, 0.6) is 0 Å². The summed E-state index contributed by atoms with van der Waals surface area (Å²) in [6.45, 7) is 0.651. The molecular formula is C20H30N9O8P. The summed E-state index contributed by atoms with van der Waals surface area (Å²) in [4.78, 5) is 28.9. The minimum absolute atomic E-state index is 0.0367. The molecule has 0 spiro atoms. The van der Waals surface area contributed by atoms with Crippen LogP contribution in [0.1, 0.15) is 50.5 Å². The number of aliphatic hydroxyl groups is 3. The molecule has 2 aliphatic rings. The second-order valence-electron chi connectivity index (χ2n) is 9.45. The third-order valence-electron chi connectivity index (χ3n) is 7.09.